The molecule has 2 aliphatic heterocycles. The number of rotatable bonds is 8. The third kappa shape index (κ3) is 6.20. The second-order valence-electron chi connectivity index (χ2n) is 11.0. The van der Waals surface area contributed by atoms with Crippen LogP contribution in [0.3, 0.4) is 0 Å². The van der Waals surface area contributed by atoms with Crippen molar-refractivity contribution < 1.29 is 14.4 Å². The molecule has 0 saturated carbocycles. The number of nitrogens with one attached hydrogen (secondary N) is 4. The van der Waals surface area contributed by atoms with Crippen LogP contribution in [0.25, 0.3) is 10.9 Å². The van der Waals surface area contributed by atoms with Crippen LogP contribution in [0.2, 0.25) is 0 Å². The predicted octanol–water partition coefficient (Wildman–Crippen LogP) is 2.68. The van der Waals surface area contributed by atoms with E-state index in [0.717, 1.165) is 33.3 Å². The van der Waals surface area contributed by atoms with E-state index in [9.17, 15) is 14.4 Å². The van der Waals surface area contributed by atoms with Gasteiger partial charge in [-0.3, -0.25) is 9.89 Å². The molecule has 3 aromatic rings. The van der Waals surface area contributed by atoms with Crippen molar-refractivity contribution in [3.63, 3.8) is 0 Å². The van der Waals surface area contributed by atoms with Gasteiger partial charge in [-0.1, -0.05) is 24.3 Å². The number of likely N-dealkylation sites (tertiary alicyclic amines) is 1. The molecule has 1 atom stereocenters. The minimum absolute atomic E-state index is 0.0483. The molecule has 0 bridgehead atoms. The van der Waals surface area contributed by atoms with Crippen molar-refractivity contribution in [3.05, 3.63) is 59.3 Å². The smallest absolute Gasteiger partial charge is 0.322 e. The number of fused-ring (bicyclic) bond motifs is 2. The van der Waals surface area contributed by atoms with Gasteiger partial charge in [0.15, 0.2) is 0 Å². The van der Waals surface area contributed by atoms with Crippen LogP contribution >= 0.6 is 0 Å². The zero-order chi connectivity index (χ0) is 28.2. The SMILES string of the molecule is Cc1cc(CC(NC(=O)N2CCC(N3Cc4ccccc4NC3=O)CC2)C(=O)NCCN(C)C)cc2cn[nH]c12. The van der Waals surface area contributed by atoms with Gasteiger partial charge in [0.1, 0.15) is 6.04 Å². The number of hydrogen-bond acceptors (Lipinski definition) is 5. The first-order chi connectivity index (χ1) is 19.3. The fourth-order valence-corrected chi connectivity index (χ4v) is 5.54. The van der Waals surface area contributed by atoms with Crippen molar-refractivity contribution in [1.29, 1.82) is 0 Å². The normalized spacial score (nSPS) is 16.6. The van der Waals surface area contributed by atoms with Crippen molar-refractivity contribution in [1.82, 2.24) is 35.5 Å². The molecule has 1 saturated heterocycles. The highest BCUT2D eigenvalue weighted by atomic mass is 16.2. The van der Waals surface area contributed by atoms with Crippen LogP contribution in [0.4, 0.5) is 15.3 Å². The van der Waals surface area contributed by atoms with E-state index in [1.165, 1.54) is 0 Å². The Kier molecular flexibility index (Phi) is 8.20. The number of piperidine rings is 1. The molecule has 0 aliphatic carbocycles. The lowest BCUT2D eigenvalue weighted by Crippen LogP contribution is -2.56. The summed E-state index contributed by atoms with van der Waals surface area (Å²) in [4.78, 5) is 44.9. The van der Waals surface area contributed by atoms with Gasteiger partial charge < -0.3 is 30.7 Å². The number of benzene rings is 2. The molecule has 1 fully saturated rings. The lowest BCUT2D eigenvalue weighted by Gasteiger charge is -2.40. The van der Waals surface area contributed by atoms with Crippen LogP contribution in [-0.4, -0.2) is 95.2 Å². The van der Waals surface area contributed by atoms with Gasteiger partial charge in [-0.15, -0.1) is 0 Å². The van der Waals surface area contributed by atoms with Gasteiger partial charge in [-0.25, -0.2) is 9.59 Å². The Morgan fingerprint density at radius 2 is 1.95 bits per heavy atom. The number of amides is 5. The van der Waals surface area contributed by atoms with E-state index in [0.29, 0.717) is 52.0 Å². The van der Waals surface area contributed by atoms with Gasteiger partial charge in [-0.2, -0.15) is 5.10 Å². The summed E-state index contributed by atoms with van der Waals surface area (Å²) in [7, 11) is 3.90. The molecule has 2 aliphatic rings. The highest BCUT2D eigenvalue weighted by molar-refractivity contribution is 5.92. The Balaban J connectivity index is 1.22. The zero-order valence-corrected chi connectivity index (χ0v) is 23.4. The number of carbonyl (C=O) groups excluding carboxylic acids is 3. The molecule has 2 aromatic carbocycles. The number of aryl methyl sites for hydroxylation is 1. The molecular formula is C29H38N8O3. The first kappa shape index (κ1) is 27.4. The number of hydrogen-bond donors (Lipinski definition) is 4. The molecule has 40 heavy (non-hydrogen) atoms. The number of nitrogens with zero attached hydrogens (tertiary/aromatic N) is 4. The Bertz CT molecular complexity index is 1380. The molecule has 3 heterocycles. The number of H-pyrrole nitrogens is 1. The summed E-state index contributed by atoms with van der Waals surface area (Å²) in [5.74, 6) is -0.210. The fourth-order valence-electron chi connectivity index (χ4n) is 5.54. The summed E-state index contributed by atoms with van der Waals surface area (Å²) in [6.07, 6.45) is 3.49. The summed E-state index contributed by atoms with van der Waals surface area (Å²) in [5.41, 5.74) is 4.91. The van der Waals surface area contributed by atoms with E-state index < -0.39 is 6.04 Å². The van der Waals surface area contributed by atoms with Gasteiger partial charge in [0.25, 0.3) is 0 Å². The minimum Gasteiger partial charge on any atom is -0.353 e. The lowest BCUT2D eigenvalue weighted by atomic mass is 10.00. The molecule has 1 unspecified atom stereocenters. The highest BCUT2D eigenvalue weighted by Gasteiger charge is 2.33. The molecule has 0 radical (unpaired) electrons. The summed E-state index contributed by atoms with van der Waals surface area (Å²) in [5, 5.41) is 17.0. The third-order valence-electron chi connectivity index (χ3n) is 7.77. The maximum atomic E-state index is 13.4. The van der Waals surface area contributed by atoms with Crippen LogP contribution < -0.4 is 16.0 Å². The molecule has 0 spiro atoms. The van der Waals surface area contributed by atoms with E-state index >= 15 is 0 Å². The Labute approximate surface area is 234 Å². The standard InChI is InChI=1S/C29H38N8O3/c1-19-14-20(15-22-17-31-34-26(19)22)16-25(27(38)30-10-13-35(2)3)33-28(39)36-11-8-23(9-12-36)37-18-21-6-4-5-7-24(21)32-29(37)40/h4-7,14-15,17,23,25H,8-13,16,18H2,1-3H3,(H,30,38)(H,31,34)(H,32,40)(H,33,39). The van der Waals surface area contributed by atoms with Crippen molar-refractivity contribution in [2.24, 2.45) is 0 Å². The predicted molar refractivity (Wildman–Crippen MR) is 154 cm³/mol. The average Bonchev–Trinajstić information content (AvgIpc) is 3.41. The third-order valence-corrected chi connectivity index (χ3v) is 7.77. The van der Waals surface area contributed by atoms with Crippen LogP contribution in [0.15, 0.2) is 42.6 Å². The van der Waals surface area contributed by atoms with Crippen molar-refractivity contribution in [3.8, 4) is 0 Å². The lowest BCUT2D eigenvalue weighted by molar-refractivity contribution is -0.123. The van der Waals surface area contributed by atoms with Crippen LogP contribution in [0.5, 0.6) is 0 Å². The van der Waals surface area contributed by atoms with Crippen molar-refractivity contribution >= 4 is 34.6 Å². The summed E-state index contributed by atoms with van der Waals surface area (Å²) < 4.78 is 0. The zero-order valence-electron chi connectivity index (χ0n) is 23.4. The largest absolute Gasteiger partial charge is 0.353 e. The van der Waals surface area contributed by atoms with Crippen LogP contribution in [0.1, 0.15) is 29.5 Å². The molecule has 5 rings (SSSR count). The summed E-state index contributed by atoms with van der Waals surface area (Å²) in [6.45, 7) is 4.78. The molecule has 11 heteroatoms. The van der Waals surface area contributed by atoms with E-state index in [4.69, 9.17) is 0 Å². The first-order valence-electron chi connectivity index (χ1n) is 13.8. The molecule has 4 N–H and O–H groups in total. The van der Waals surface area contributed by atoms with E-state index in [1.807, 2.05) is 67.2 Å². The number of para-hydroxylation sites is 1. The van der Waals surface area contributed by atoms with E-state index in [-0.39, 0.29) is 24.0 Å². The quantitative estimate of drug-likeness (QED) is 0.346. The average molecular weight is 547 g/mol. The number of aromatic amines is 1. The van der Waals surface area contributed by atoms with Gasteiger partial charge in [0.2, 0.25) is 5.91 Å². The molecule has 212 valence electrons. The van der Waals surface area contributed by atoms with E-state index in [1.54, 1.807) is 11.1 Å². The number of anilines is 1. The maximum absolute atomic E-state index is 13.4. The molecule has 5 amide bonds. The summed E-state index contributed by atoms with van der Waals surface area (Å²) in [6, 6.07) is 10.8. The first-order valence-corrected chi connectivity index (χ1v) is 13.8. The monoisotopic (exact) mass is 546 g/mol. The van der Waals surface area contributed by atoms with Crippen LogP contribution in [0, 0.1) is 6.92 Å². The molecular weight excluding hydrogens is 508 g/mol. The number of likely N-dealkylation sites (N-methyl/N-ethyl adjacent to an activating group) is 1. The van der Waals surface area contributed by atoms with Gasteiger partial charge in [0, 0.05) is 56.3 Å². The number of aromatic nitrogens is 2. The highest BCUT2D eigenvalue weighted by Crippen LogP contribution is 2.27. The maximum Gasteiger partial charge on any atom is 0.322 e. The van der Waals surface area contributed by atoms with Crippen molar-refractivity contribution in [2.75, 3.05) is 45.6 Å². The van der Waals surface area contributed by atoms with E-state index in [2.05, 4.69) is 26.1 Å². The van der Waals surface area contributed by atoms with Crippen molar-refractivity contribution in [2.45, 2.75) is 44.8 Å². The minimum atomic E-state index is -0.722. The van der Waals surface area contributed by atoms with Crippen LogP contribution in [-0.2, 0) is 17.8 Å². The molecule has 1 aromatic heterocycles. The van der Waals surface area contributed by atoms with Gasteiger partial charge in [0.05, 0.1) is 11.7 Å². The second kappa shape index (κ2) is 12.0. The Morgan fingerprint density at radius 1 is 1.18 bits per heavy atom. The molecule has 11 nitrogen and oxygen atoms in total. The second-order valence-corrected chi connectivity index (χ2v) is 11.0. The number of urea groups is 2. The topological polar surface area (TPSA) is 126 Å². The summed E-state index contributed by atoms with van der Waals surface area (Å²) >= 11 is 0. The fraction of sp³-hybridized carbons (Fsp3) is 0.448. The number of carbonyl (C=O) groups is 3. The van der Waals surface area contributed by atoms with Gasteiger partial charge in [-0.05, 0) is 62.7 Å². The van der Waals surface area contributed by atoms with Gasteiger partial charge >= 0.3 is 12.1 Å². The Hall–Kier alpha value is -4.12. The Morgan fingerprint density at radius 3 is 2.73 bits per heavy atom.